The minimum Gasteiger partial charge on any atom is -0.396 e. The van der Waals surface area contributed by atoms with Gasteiger partial charge in [0.2, 0.25) is 0 Å². The van der Waals surface area contributed by atoms with E-state index in [-0.39, 0.29) is 6.61 Å². The first-order valence-electron chi connectivity index (χ1n) is 8.57. The van der Waals surface area contributed by atoms with Gasteiger partial charge in [0, 0.05) is 6.61 Å². The van der Waals surface area contributed by atoms with Gasteiger partial charge in [0.25, 0.3) is 0 Å². The van der Waals surface area contributed by atoms with E-state index in [2.05, 4.69) is 24.8 Å². The lowest BCUT2D eigenvalue weighted by molar-refractivity contribution is 0.302. The summed E-state index contributed by atoms with van der Waals surface area (Å²) in [4.78, 5) is 0. The van der Waals surface area contributed by atoms with Gasteiger partial charge in [-0.2, -0.15) is 0 Å². The molecule has 0 amide bonds. The molecule has 0 aliphatic heterocycles. The molecule has 0 saturated heterocycles. The molecule has 0 fully saturated rings. The third-order valence-corrected chi connectivity index (χ3v) is 3.40. The number of hydrogen-bond donors (Lipinski definition) is 1. The fourth-order valence-electron chi connectivity index (χ4n) is 2.15. The van der Waals surface area contributed by atoms with E-state index >= 15 is 0 Å². The van der Waals surface area contributed by atoms with Gasteiger partial charge < -0.3 is 5.11 Å². The summed E-state index contributed by atoms with van der Waals surface area (Å²) in [5, 5.41) is 8.58. The van der Waals surface area contributed by atoms with Crippen molar-refractivity contribution < 1.29 is 5.11 Å². The number of aliphatic hydroxyl groups is 1. The molecule has 0 radical (unpaired) electrons. The van der Waals surface area contributed by atoms with Crippen LogP contribution in [0.25, 0.3) is 0 Å². The molecule has 0 aliphatic rings. The highest BCUT2D eigenvalue weighted by atomic mass is 16.2. The van der Waals surface area contributed by atoms with Gasteiger partial charge in [-0.3, -0.25) is 0 Å². The summed E-state index contributed by atoms with van der Waals surface area (Å²) in [5.74, 6) is 0. The molecule has 0 unspecified atom stereocenters. The van der Waals surface area contributed by atoms with Crippen LogP contribution in [0.4, 0.5) is 0 Å². The van der Waals surface area contributed by atoms with E-state index in [0.717, 1.165) is 6.42 Å². The van der Waals surface area contributed by atoms with Gasteiger partial charge in [-0.1, -0.05) is 70.4 Å². The van der Waals surface area contributed by atoms with E-state index in [9.17, 15) is 0 Å². The van der Waals surface area contributed by atoms with Crippen LogP contribution >= 0.6 is 0 Å². The standard InChI is InChI=1S/C19H34O/c1-2-3-4-5-6-7-8-9-10-11-12-13-14-15-16-17-18-19-20/h12-13,15,17,20H,2-11,14,18-19H2,1H3. The van der Waals surface area contributed by atoms with Crippen molar-refractivity contribution in [1.82, 2.24) is 0 Å². The topological polar surface area (TPSA) is 20.2 Å². The molecule has 116 valence electrons. The molecule has 1 N–H and O–H groups in total. The maximum absolute atomic E-state index is 8.58. The Labute approximate surface area is 126 Å². The van der Waals surface area contributed by atoms with Crippen LogP contribution in [-0.2, 0) is 0 Å². The van der Waals surface area contributed by atoms with Gasteiger partial charge in [0.15, 0.2) is 0 Å². The third kappa shape index (κ3) is 17.2. The lowest BCUT2D eigenvalue weighted by Crippen LogP contribution is -1.80. The van der Waals surface area contributed by atoms with Crippen molar-refractivity contribution in [1.29, 1.82) is 0 Å². The van der Waals surface area contributed by atoms with Crippen LogP contribution in [0.5, 0.6) is 0 Å². The van der Waals surface area contributed by atoms with Crippen molar-refractivity contribution in [2.45, 2.75) is 84.0 Å². The van der Waals surface area contributed by atoms with Gasteiger partial charge in [0.05, 0.1) is 0 Å². The number of allylic oxidation sites excluding steroid dienone is 2. The molecule has 0 bridgehead atoms. The highest BCUT2D eigenvalue weighted by Crippen LogP contribution is 2.10. The van der Waals surface area contributed by atoms with E-state index in [0.29, 0.717) is 6.42 Å². The van der Waals surface area contributed by atoms with Gasteiger partial charge in [-0.15, -0.1) is 5.73 Å². The van der Waals surface area contributed by atoms with Crippen molar-refractivity contribution in [2.24, 2.45) is 0 Å². The summed E-state index contributed by atoms with van der Waals surface area (Å²) in [6.45, 7) is 2.49. The Hall–Kier alpha value is -0.780. The third-order valence-electron chi connectivity index (χ3n) is 3.40. The molecule has 1 heteroatoms. The monoisotopic (exact) mass is 278 g/mol. The molecule has 1 nitrogen and oxygen atoms in total. The first-order chi connectivity index (χ1) is 9.91. The van der Waals surface area contributed by atoms with Crippen LogP contribution in [0.3, 0.4) is 0 Å². The second kappa shape index (κ2) is 18.2. The molecule has 0 aromatic rings. The Bertz CT molecular complexity index is 259. The predicted octanol–water partition coefficient (Wildman–Crippen LogP) is 5.95. The van der Waals surface area contributed by atoms with Gasteiger partial charge in [-0.05, 0) is 37.8 Å². The molecule has 0 aromatic carbocycles. The Kier molecular flexibility index (Phi) is 17.5. The maximum atomic E-state index is 8.58. The van der Waals surface area contributed by atoms with Crippen molar-refractivity contribution in [2.75, 3.05) is 6.61 Å². The average Bonchev–Trinajstić information content (AvgIpc) is 2.47. The SMILES string of the molecule is CCCCCCCCCCCC=CCC=C=CCCO. The van der Waals surface area contributed by atoms with Gasteiger partial charge in [-0.25, -0.2) is 0 Å². The first kappa shape index (κ1) is 19.2. The number of aliphatic hydroxyl groups excluding tert-OH is 1. The Balaban J connectivity index is 3.17. The number of hydrogen-bond acceptors (Lipinski definition) is 1. The Morgan fingerprint density at radius 2 is 1.40 bits per heavy atom. The molecule has 0 rings (SSSR count). The van der Waals surface area contributed by atoms with Crippen LogP contribution in [0.2, 0.25) is 0 Å². The predicted molar refractivity (Wildman–Crippen MR) is 90.0 cm³/mol. The average molecular weight is 278 g/mol. The summed E-state index contributed by atoms with van der Waals surface area (Å²) < 4.78 is 0. The van der Waals surface area contributed by atoms with Gasteiger partial charge >= 0.3 is 0 Å². The second-order valence-electron chi connectivity index (χ2n) is 5.41. The zero-order valence-electron chi connectivity index (χ0n) is 13.4. The van der Waals surface area contributed by atoms with Crippen molar-refractivity contribution in [3.05, 3.63) is 30.0 Å². The lowest BCUT2D eigenvalue weighted by atomic mass is 10.1. The highest BCUT2D eigenvalue weighted by molar-refractivity contribution is 4.93. The fraction of sp³-hybridized carbons (Fsp3) is 0.737. The van der Waals surface area contributed by atoms with Crippen molar-refractivity contribution in [3.8, 4) is 0 Å². The maximum Gasteiger partial charge on any atom is 0.0471 e. The molecule has 0 spiro atoms. The van der Waals surface area contributed by atoms with Crippen LogP contribution in [-0.4, -0.2) is 11.7 Å². The van der Waals surface area contributed by atoms with E-state index in [4.69, 9.17) is 5.11 Å². The molecule has 20 heavy (non-hydrogen) atoms. The minimum atomic E-state index is 0.218. The Morgan fingerprint density at radius 3 is 2.05 bits per heavy atom. The first-order valence-corrected chi connectivity index (χ1v) is 8.57. The van der Waals surface area contributed by atoms with Crippen molar-refractivity contribution in [3.63, 3.8) is 0 Å². The van der Waals surface area contributed by atoms with Crippen LogP contribution in [0, 0.1) is 0 Å². The molecule has 0 aliphatic carbocycles. The fourth-order valence-corrected chi connectivity index (χ4v) is 2.15. The highest BCUT2D eigenvalue weighted by Gasteiger charge is 1.90. The molecule has 0 aromatic heterocycles. The summed E-state index contributed by atoms with van der Waals surface area (Å²) >= 11 is 0. The minimum absolute atomic E-state index is 0.218. The molecular formula is C19H34O. The van der Waals surface area contributed by atoms with Crippen molar-refractivity contribution >= 4 is 0 Å². The van der Waals surface area contributed by atoms with Crippen LogP contribution < -0.4 is 0 Å². The summed E-state index contributed by atoms with van der Waals surface area (Å²) in [6.07, 6.45) is 23.9. The zero-order chi connectivity index (χ0) is 14.7. The molecule has 0 atom stereocenters. The summed E-state index contributed by atoms with van der Waals surface area (Å²) in [7, 11) is 0. The largest absolute Gasteiger partial charge is 0.396 e. The van der Waals surface area contributed by atoms with Crippen LogP contribution in [0.1, 0.15) is 84.0 Å². The normalized spacial score (nSPS) is 10.7. The van der Waals surface area contributed by atoms with Gasteiger partial charge in [0.1, 0.15) is 0 Å². The van der Waals surface area contributed by atoms with E-state index in [1.807, 2.05) is 12.2 Å². The van der Waals surface area contributed by atoms with Crippen LogP contribution in [0.15, 0.2) is 30.0 Å². The van der Waals surface area contributed by atoms with E-state index in [1.54, 1.807) is 0 Å². The summed E-state index contributed by atoms with van der Waals surface area (Å²) in [5.41, 5.74) is 3.06. The molecule has 0 heterocycles. The zero-order valence-corrected chi connectivity index (χ0v) is 13.4. The Morgan fingerprint density at radius 1 is 0.750 bits per heavy atom. The van der Waals surface area contributed by atoms with E-state index in [1.165, 1.54) is 64.2 Å². The molecular weight excluding hydrogens is 244 g/mol. The van der Waals surface area contributed by atoms with E-state index < -0.39 is 0 Å². The smallest absolute Gasteiger partial charge is 0.0471 e. The summed E-state index contributed by atoms with van der Waals surface area (Å²) in [6, 6.07) is 0. The number of unbranched alkanes of at least 4 members (excludes halogenated alkanes) is 9. The number of rotatable bonds is 14. The second-order valence-corrected chi connectivity index (χ2v) is 5.41. The molecule has 0 saturated carbocycles. The lowest BCUT2D eigenvalue weighted by Gasteiger charge is -2.00. The quantitative estimate of drug-likeness (QED) is 0.236.